The van der Waals surface area contributed by atoms with Gasteiger partial charge in [-0.1, -0.05) is 111 Å². The van der Waals surface area contributed by atoms with Gasteiger partial charge in [0.25, 0.3) is 0 Å². The summed E-state index contributed by atoms with van der Waals surface area (Å²) >= 11 is 0. The van der Waals surface area contributed by atoms with Crippen LogP contribution in [0.25, 0.3) is 0 Å². The van der Waals surface area contributed by atoms with Crippen LogP contribution in [-0.4, -0.2) is 0 Å². The molecule has 0 saturated carbocycles. The SMILES string of the molecule is CCCCCCC(CCC)CCC(CCC)CCC. The van der Waals surface area contributed by atoms with Crippen LogP contribution in [0.15, 0.2) is 0 Å². The minimum atomic E-state index is 1.02. The van der Waals surface area contributed by atoms with Gasteiger partial charge in [-0.2, -0.15) is 0 Å². The zero-order valence-electron chi connectivity index (χ0n) is 14.3. The Kier molecular flexibility index (Phi) is 14.4. The average Bonchev–Trinajstić information content (AvgIpc) is 2.41. The lowest BCUT2D eigenvalue weighted by molar-refractivity contribution is 0.323. The lowest BCUT2D eigenvalue weighted by Crippen LogP contribution is -2.06. The lowest BCUT2D eigenvalue weighted by Gasteiger charge is -2.20. The van der Waals surface area contributed by atoms with E-state index in [1.165, 1.54) is 83.5 Å². The van der Waals surface area contributed by atoms with Crippen LogP contribution < -0.4 is 0 Å². The molecule has 1 unspecified atom stereocenters. The van der Waals surface area contributed by atoms with Crippen molar-refractivity contribution in [3.05, 3.63) is 0 Å². The molecule has 19 heavy (non-hydrogen) atoms. The monoisotopic (exact) mass is 268 g/mol. The number of hydrogen-bond acceptors (Lipinski definition) is 0. The third-order valence-corrected chi connectivity index (χ3v) is 4.54. The molecular formula is C19H40. The van der Waals surface area contributed by atoms with Crippen LogP contribution in [-0.2, 0) is 0 Å². The first-order valence-corrected chi connectivity index (χ1v) is 9.28. The molecule has 0 heteroatoms. The first-order valence-electron chi connectivity index (χ1n) is 9.28. The third-order valence-electron chi connectivity index (χ3n) is 4.54. The normalized spacial score (nSPS) is 13.1. The molecule has 0 aromatic carbocycles. The molecule has 0 radical (unpaired) electrons. The maximum absolute atomic E-state index is 2.36. The van der Waals surface area contributed by atoms with E-state index < -0.39 is 0 Å². The minimum absolute atomic E-state index is 1.02. The molecule has 0 aliphatic heterocycles. The first kappa shape index (κ1) is 19.0. The van der Waals surface area contributed by atoms with Gasteiger partial charge in [0.05, 0.1) is 0 Å². The van der Waals surface area contributed by atoms with Crippen LogP contribution >= 0.6 is 0 Å². The Hall–Kier alpha value is 0. The predicted molar refractivity (Wildman–Crippen MR) is 89.7 cm³/mol. The van der Waals surface area contributed by atoms with Crippen molar-refractivity contribution in [3.63, 3.8) is 0 Å². The van der Waals surface area contributed by atoms with Crippen LogP contribution in [0.5, 0.6) is 0 Å². The molecule has 0 aliphatic rings. The Bertz CT molecular complexity index is 155. The topological polar surface area (TPSA) is 0 Å². The quantitative estimate of drug-likeness (QED) is 0.288. The van der Waals surface area contributed by atoms with Crippen molar-refractivity contribution in [1.82, 2.24) is 0 Å². The Morgan fingerprint density at radius 3 is 1.32 bits per heavy atom. The van der Waals surface area contributed by atoms with E-state index in [0.717, 1.165) is 11.8 Å². The fraction of sp³-hybridized carbons (Fsp3) is 1.00. The smallest absolute Gasteiger partial charge is 0.0414 e. The van der Waals surface area contributed by atoms with Gasteiger partial charge < -0.3 is 0 Å². The lowest BCUT2D eigenvalue weighted by atomic mass is 9.85. The summed E-state index contributed by atoms with van der Waals surface area (Å²) in [4.78, 5) is 0. The molecule has 0 aromatic rings. The second-order valence-corrected chi connectivity index (χ2v) is 6.52. The van der Waals surface area contributed by atoms with E-state index >= 15 is 0 Å². The van der Waals surface area contributed by atoms with Crippen molar-refractivity contribution in [1.29, 1.82) is 0 Å². The Labute approximate surface area is 123 Å². The summed E-state index contributed by atoms with van der Waals surface area (Å²) in [7, 11) is 0. The summed E-state index contributed by atoms with van der Waals surface area (Å²) in [5, 5.41) is 0. The molecule has 0 N–H and O–H groups in total. The maximum atomic E-state index is 2.36. The summed E-state index contributed by atoms with van der Waals surface area (Å²) in [6.07, 6.45) is 18.8. The summed E-state index contributed by atoms with van der Waals surface area (Å²) in [6, 6.07) is 0. The minimum Gasteiger partial charge on any atom is -0.0654 e. The van der Waals surface area contributed by atoms with Gasteiger partial charge in [-0.3, -0.25) is 0 Å². The van der Waals surface area contributed by atoms with Gasteiger partial charge in [0, 0.05) is 0 Å². The summed E-state index contributed by atoms with van der Waals surface area (Å²) in [5.41, 5.74) is 0. The van der Waals surface area contributed by atoms with E-state index in [-0.39, 0.29) is 0 Å². The zero-order valence-corrected chi connectivity index (χ0v) is 14.3. The van der Waals surface area contributed by atoms with Crippen molar-refractivity contribution in [2.75, 3.05) is 0 Å². The Morgan fingerprint density at radius 1 is 0.421 bits per heavy atom. The van der Waals surface area contributed by atoms with Gasteiger partial charge in [0.2, 0.25) is 0 Å². The molecule has 0 amide bonds. The van der Waals surface area contributed by atoms with Gasteiger partial charge in [0.15, 0.2) is 0 Å². The standard InChI is InChI=1S/C19H40/c1-5-9-10-11-15-19(14-8-4)17-16-18(12-6-2)13-7-3/h18-19H,5-17H2,1-4H3. The van der Waals surface area contributed by atoms with Crippen molar-refractivity contribution in [2.45, 2.75) is 111 Å². The van der Waals surface area contributed by atoms with Crippen molar-refractivity contribution in [3.8, 4) is 0 Å². The van der Waals surface area contributed by atoms with E-state index in [1.54, 1.807) is 0 Å². The fourth-order valence-corrected chi connectivity index (χ4v) is 3.42. The molecule has 0 rings (SSSR count). The Morgan fingerprint density at radius 2 is 0.895 bits per heavy atom. The zero-order chi connectivity index (χ0) is 14.3. The predicted octanol–water partition coefficient (Wildman–Crippen LogP) is 7.37. The molecule has 1 atom stereocenters. The molecule has 0 fully saturated rings. The third kappa shape index (κ3) is 11.5. The highest BCUT2D eigenvalue weighted by molar-refractivity contribution is 4.65. The molecule has 0 bridgehead atoms. The van der Waals surface area contributed by atoms with Gasteiger partial charge >= 0.3 is 0 Å². The van der Waals surface area contributed by atoms with Crippen LogP contribution in [0.1, 0.15) is 111 Å². The van der Waals surface area contributed by atoms with Gasteiger partial charge in [-0.25, -0.2) is 0 Å². The fourth-order valence-electron chi connectivity index (χ4n) is 3.42. The highest BCUT2D eigenvalue weighted by atomic mass is 14.2. The molecule has 0 saturated heterocycles. The maximum Gasteiger partial charge on any atom is -0.0414 e. The summed E-state index contributed by atoms with van der Waals surface area (Å²) < 4.78 is 0. The number of hydrogen-bond donors (Lipinski definition) is 0. The average molecular weight is 269 g/mol. The first-order chi connectivity index (χ1) is 9.28. The second kappa shape index (κ2) is 14.4. The highest BCUT2D eigenvalue weighted by Crippen LogP contribution is 2.27. The highest BCUT2D eigenvalue weighted by Gasteiger charge is 2.12. The van der Waals surface area contributed by atoms with E-state index in [9.17, 15) is 0 Å². The molecule has 0 heterocycles. The molecule has 0 nitrogen and oxygen atoms in total. The van der Waals surface area contributed by atoms with Gasteiger partial charge in [-0.15, -0.1) is 0 Å². The molecule has 0 spiro atoms. The second-order valence-electron chi connectivity index (χ2n) is 6.52. The summed E-state index contributed by atoms with van der Waals surface area (Å²) in [6.45, 7) is 9.35. The molecular weight excluding hydrogens is 228 g/mol. The van der Waals surface area contributed by atoms with E-state index in [1.807, 2.05) is 0 Å². The van der Waals surface area contributed by atoms with Gasteiger partial charge in [0.1, 0.15) is 0 Å². The van der Waals surface area contributed by atoms with E-state index in [4.69, 9.17) is 0 Å². The Balaban J connectivity index is 3.88. The van der Waals surface area contributed by atoms with E-state index in [0.29, 0.717) is 0 Å². The van der Waals surface area contributed by atoms with Crippen molar-refractivity contribution >= 4 is 0 Å². The summed E-state index contributed by atoms with van der Waals surface area (Å²) in [5.74, 6) is 2.04. The molecule has 0 aliphatic carbocycles. The van der Waals surface area contributed by atoms with Crippen LogP contribution in [0.2, 0.25) is 0 Å². The largest absolute Gasteiger partial charge is 0.0654 e. The van der Waals surface area contributed by atoms with E-state index in [2.05, 4.69) is 27.7 Å². The van der Waals surface area contributed by atoms with Crippen LogP contribution in [0.3, 0.4) is 0 Å². The molecule has 116 valence electrons. The number of rotatable bonds is 14. The van der Waals surface area contributed by atoms with Crippen molar-refractivity contribution in [2.24, 2.45) is 11.8 Å². The number of unbranched alkanes of at least 4 members (excludes halogenated alkanes) is 3. The van der Waals surface area contributed by atoms with Crippen LogP contribution in [0.4, 0.5) is 0 Å². The van der Waals surface area contributed by atoms with Gasteiger partial charge in [-0.05, 0) is 11.8 Å². The van der Waals surface area contributed by atoms with Crippen molar-refractivity contribution < 1.29 is 0 Å². The molecule has 0 aromatic heterocycles. The van der Waals surface area contributed by atoms with Crippen LogP contribution in [0, 0.1) is 11.8 Å².